The summed E-state index contributed by atoms with van der Waals surface area (Å²) in [6.45, 7) is 13.6. The molecule has 0 saturated heterocycles. The third kappa shape index (κ3) is 3.33. The lowest BCUT2D eigenvalue weighted by Crippen LogP contribution is -2.27. The lowest BCUT2D eigenvalue weighted by atomic mass is 9.96. The van der Waals surface area contributed by atoms with Gasteiger partial charge in [-0.2, -0.15) is 0 Å². The number of rotatable bonds is 3. The number of hydrogen-bond donors (Lipinski definition) is 0. The first-order chi connectivity index (χ1) is 12.1. The predicted octanol–water partition coefficient (Wildman–Crippen LogP) is 4.88. The molecule has 0 aliphatic heterocycles. The third-order valence-corrected chi connectivity index (χ3v) is 4.82. The summed E-state index contributed by atoms with van der Waals surface area (Å²) in [4.78, 5) is 17.6. The van der Waals surface area contributed by atoms with Crippen LogP contribution in [0.4, 0.5) is 0 Å². The zero-order valence-electron chi connectivity index (χ0n) is 16.9. The maximum atomic E-state index is 12.7. The van der Waals surface area contributed by atoms with Crippen LogP contribution in [0.25, 0.3) is 22.4 Å². The molecule has 0 amide bonds. The van der Waals surface area contributed by atoms with E-state index in [1.54, 1.807) is 11.6 Å². The summed E-state index contributed by atoms with van der Waals surface area (Å²) in [5.41, 5.74) is 6.20. The van der Waals surface area contributed by atoms with E-state index in [0.717, 1.165) is 22.4 Å². The van der Waals surface area contributed by atoms with Gasteiger partial charge in [0.05, 0.1) is 11.2 Å². The maximum absolute atomic E-state index is 12.7. The van der Waals surface area contributed by atoms with Crippen molar-refractivity contribution in [2.75, 3.05) is 0 Å². The normalized spacial score (nSPS) is 12.3. The van der Waals surface area contributed by atoms with Gasteiger partial charge in [-0.05, 0) is 47.6 Å². The summed E-state index contributed by atoms with van der Waals surface area (Å²) in [7, 11) is 1.80. The third-order valence-electron chi connectivity index (χ3n) is 4.82. The molecule has 0 spiro atoms. The highest BCUT2D eigenvalue weighted by atomic mass is 16.1. The average molecular weight is 351 g/mol. The summed E-state index contributed by atoms with van der Waals surface area (Å²) in [6, 6.07) is 10.6. The first-order valence-electron chi connectivity index (χ1n) is 9.25. The van der Waals surface area contributed by atoms with Gasteiger partial charge in [-0.3, -0.25) is 9.13 Å². The molecule has 3 rings (SSSR count). The van der Waals surface area contributed by atoms with Crippen LogP contribution in [0.5, 0.6) is 0 Å². The number of hydrogen-bond acceptors (Lipinski definition) is 2. The first-order valence-corrected chi connectivity index (χ1v) is 9.25. The number of aryl methyl sites for hydroxylation is 2. The molecule has 0 saturated carbocycles. The smallest absolute Gasteiger partial charge is 0.290 e. The fraction of sp³-hybridized carbons (Fsp3) is 0.455. The molecule has 1 aromatic carbocycles. The minimum Gasteiger partial charge on any atom is -0.290 e. The standard InChI is InChI=1S/C22H29N3O/c1-14(2)16-9-8-15(3)17(12-16)18-10-11-19-20(23-18)24(7)21(26)25(19)13-22(4,5)6/h8-12,14H,13H2,1-7H3. The van der Waals surface area contributed by atoms with E-state index in [2.05, 4.69) is 59.7 Å². The lowest BCUT2D eigenvalue weighted by Gasteiger charge is -2.18. The Hall–Kier alpha value is -2.36. The van der Waals surface area contributed by atoms with Crippen LogP contribution in [0.3, 0.4) is 0 Å². The van der Waals surface area contributed by atoms with Crippen molar-refractivity contribution >= 4 is 11.2 Å². The van der Waals surface area contributed by atoms with Gasteiger partial charge in [-0.25, -0.2) is 9.78 Å². The maximum Gasteiger partial charge on any atom is 0.330 e. The number of nitrogens with zero attached hydrogens (tertiary/aromatic N) is 3. The summed E-state index contributed by atoms with van der Waals surface area (Å²) in [6.07, 6.45) is 0. The largest absolute Gasteiger partial charge is 0.330 e. The van der Waals surface area contributed by atoms with E-state index in [1.165, 1.54) is 11.1 Å². The van der Waals surface area contributed by atoms with E-state index in [1.807, 2.05) is 16.7 Å². The van der Waals surface area contributed by atoms with Gasteiger partial charge in [-0.15, -0.1) is 0 Å². The molecule has 0 aliphatic rings. The summed E-state index contributed by atoms with van der Waals surface area (Å²) >= 11 is 0. The summed E-state index contributed by atoms with van der Waals surface area (Å²) < 4.78 is 3.50. The van der Waals surface area contributed by atoms with Crippen molar-refractivity contribution in [3.8, 4) is 11.3 Å². The monoisotopic (exact) mass is 351 g/mol. The molecule has 4 heteroatoms. The number of benzene rings is 1. The van der Waals surface area contributed by atoms with E-state index in [9.17, 15) is 4.79 Å². The van der Waals surface area contributed by atoms with Crippen LogP contribution in [0.1, 0.15) is 51.7 Å². The molecule has 0 atom stereocenters. The number of imidazole rings is 1. The lowest BCUT2D eigenvalue weighted by molar-refractivity contribution is 0.342. The molecule has 4 nitrogen and oxygen atoms in total. The van der Waals surface area contributed by atoms with Crippen molar-refractivity contribution in [2.45, 2.75) is 54.0 Å². The van der Waals surface area contributed by atoms with Crippen molar-refractivity contribution < 1.29 is 0 Å². The molecular formula is C22H29N3O. The molecule has 2 heterocycles. The Balaban J connectivity index is 2.19. The first kappa shape index (κ1) is 18.4. The molecule has 0 aliphatic carbocycles. The minimum absolute atomic E-state index is 0.00720. The molecule has 0 fully saturated rings. The van der Waals surface area contributed by atoms with Crippen LogP contribution >= 0.6 is 0 Å². The molecule has 138 valence electrons. The second-order valence-corrected chi connectivity index (χ2v) is 8.76. The molecule has 0 N–H and O–H groups in total. The molecule has 0 radical (unpaired) electrons. The Bertz CT molecular complexity index is 1020. The van der Waals surface area contributed by atoms with Gasteiger partial charge in [0.1, 0.15) is 0 Å². The van der Waals surface area contributed by atoms with Crippen LogP contribution in [-0.2, 0) is 13.6 Å². The Morgan fingerprint density at radius 2 is 1.81 bits per heavy atom. The van der Waals surface area contributed by atoms with Crippen LogP contribution < -0.4 is 5.69 Å². The molecule has 3 aromatic rings. The minimum atomic E-state index is -0.00720. The molecule has 2 aromatic heterocycles. The van der Waals surface area contributed by atoms with Gasteiger partial charge in [0.25, 0.3) is 0 Å². The second kappa shape index (κ2) is 6.42. The predicted molar refractivity (Wildman–Crippen MR) is 109 cm³/mol. The zero-order valence-corrected chi connectivity index (χ0v) is 16.9. The highest BCUT2D eigenvalue weighted by molar-refractivity contribution is 5.77. The van der Waals surface area contributed by atoms with Gasteiger partial charge >= 0.3 is 5.69 Å². The van der Waals surface area contributed by atoms with Crippen LogP contribution in [-0.4, -0.2) is 14.1 Å². The van der Waals surface area contributed by atoms with E-state index in [4.69, 9.17) is 4.98 Å². The molecule has 26 heavy (non-hydrogen) atoms. The van der Waals surface area contributed by atoms with Crippen molar-refractivity contribution in [1.29, 1.82) is 0 Å². The van der Waals surface area contributed by atoms with Crippen molar-refractivity contribution in [3.05, 3.63) is 51.9 Å². The van der Waals surface area contributed by atoms with Gasteiger partial charge < -0.3 is 0 Å². The second-order valence-electron chi connectivity index (χ2n) is 8.76. The van der Waals surface area contributed by atoms with Crippen molar-refractivity contribution in [1.82, 2.24) is 14.1 Å². The average Bonchev–Trinajstić information content (AvgIpc) is 2.78. The fourth-order valence-corrected chi connectivity index (χ4v) is 3.33. The molecular weight excluding hydrogens is 322 g/mol. The highest BCUT2D eigenvalue weighted by Gasteiger charge is 2.19. The number of pyridine rings is 1. The Morgan fingerprint density at radius 1 is 1.12 bits per heavy atom. The van der Waals surface area contributed by atoms with E-state index < -0.39 is 0 Å². The summed E-state index contributed by atoms with van der Waals surface area (Å²) in [5.74, 6) is 0.468. The van der Waals surface area contributed by atoms with E-state index in [0.29, 0.717) is 12.5 Å². The van der Waals surface area contributed by atoms with E-state index >= 15 is 0 Å². The van der Waals surface area contributed by atoms with Gasteiger partial charge in [0, 0.05) is 19.2 Å². The number of fused-ring (bicyclic) bond motifs is 1. The Morgan fingerprint density at radius 3 is 2.42 bits per heavy atom. The van der Waals surface area contributed by atoms with Crippen LogP contribution in [0.15, 0.2) is 35.1 Å². The van der Waals surface area contributed by atoms with Crippen molar-refractivity contribution in [2.24, 2.45) is 12.5 Å². The number of aromatic nitrogens is 3. The highest BCUT2D eigenvalue weighted by Crippen LogP contribution is 2.28. The van der Waals surface area contributed by atoms with Crippen LogP contribution in [0, 0.1) is 12.3 Å². The zero-order chi connectivity index (χ0) is 19.2. The van der Waals surface area contributed by atoms with Crippen molar-refractivity contribution in [3.63, 3.8) is 0 Å². The quantitative estimate of drug-likeness (QED) is 0.675. The molecule has 0 unspecified atom stereocenters. The van der Waals surface area contributed by atoms with Gasteiger partial charge in [0.15, 0.2) is 5.65 Å². The summed E-state index contributed by atoms with van der Waals surface area (Å²) in [5, 5.41) is 0. The van der Waals surface area contributed by atoms with Gasteiger partial charge in [-0.1, -0.05) is 46.8 Å². The SMILES string of the molecule is Cc1ccc(C(C)C)cc1-c1ccc2c(n1)n(C)c(=O)n2CC(C)(C)C. The van der Waals surface area contributed by atoms with E-state index in [-0.39, 0.29) is 11.1 Å². The van der Waals surface area contributed by atoms with Gasteiger partial charge in [0.2, 0.25) is 0 Å². The fourth-order valence-electron chi connectivity index (χ4n) is 3.33. The Labute approximate surface area is 155 Å². The Kier molecular flexibility index (Phi) is 4.55. The van der Waals surface area contributed by atoms with Crippen LogP contribution in [0.2, 0.25) is 0 Å². The topological polar surface area (TPSA) is 39.8 Å². The molecule has 0 bridgehead atoms.